The van der Waals surface area contributed by atoms with Gasteiger partial charge >= 0.3 is 0 Å². The summed E-state index contributed by atoms with van der Waals surface area (Å²) in [4.78, 5) is 0. The Morgan fingerprint density at radius 3 is 2.27 bits per heavy atom. The van der Waals surface area contributed by atoms with E-state index in [1.165, 1.54) is 5.57 Å². The van der Waals surface area contributed by atoms with Crippen molar-refractivity contribution in [2.45, 2.75) is 34.5 Å². The summed E-state index contributed by atoms with van der Waals surface area (Å²) in [5, 5.41) is 0. The van der Waals surface area contributed by atoms with Crippen molar-refractivity contribution in [1.29, 1.82) is 0 Å². The lowest BCUT2D eigenvalue weighted by atomic mass is 9.82. The van der Waals surface area contributed by atoms with Crippen LogP contribution in [0.25, 0.3) is 0 Å². The number of rotatable bonds is 4. The van der Waals surface area contributed by atoms with Crippen LogP contribution in [0.5, 0.6) is 0 Å². The average molecular weight is 201 g/mol. The van der Waals surface area contributed by atoms with E-state index >= 15 is 0 Å². The van der Waals surface area contributed by atoms with Crippen molar-refractivity contribution in [2.24, 2.45) is 5.41 Å². The van der Waals surface area contributed by atoms with Crippen LogP contribution in [-0.2, 0) is 0 Å². The number of allylic oxidation sites excluding steroid dienone is 7. The Hall–Kier alpha value is -0.975. The van der Waals surface area contributed by atoms with Crippen LogP contribution in [0.1, 0.15) is 27.7 Å². The van der Waals surface area contributed by atoms with Gasteiger partial charge in [0.1, 0.15) is 7.28 Å². The van der Waals surface area contributed by atoms with E-state index in [1.807, 2.05) is 27.1 Å². The second kappa shape index (κ2) is 7.33. The van der Waals surface area contributed by atoms with Crippen molar-refractivity contribution < 1.29 is 0 Å². The fourth-order valence-corrected chi connectivity index (χ4v) is 0.928. The topological polar surface area (TPSA) is 0 Å². The van der Waals surface area contributed by atoms with Crippen LogP contribution in [0.3, 0.4) is 0 Å². The molecule has 1 radical (unpaired) electrons. The number of hydrogen-bond donors (Lipinski definition) is 0. The minimum atomic E-state index is 0.235. The zero-order valence-electron chi connectivity index (χ0n) is 10.6. The lowest BCUT2D eigenvalue weighted by Crippen LogP contribution is -1.98. The summed E-state index contributed by atoms with van der Waals surface area (Å²) in [6.45, 7) is 10.7. The summed E-state index contributed by atoms with van der Waals surface area (Å²) in [5.41, 5.74) is 1.46. The monoisotopic (exact) mass is 201 g/mol. The van der Waals surface area contributed by atoms with E-state index in [2.05, 4.69) is 57.1 Å². The maximum atomic E-state index is 2.22. The third-order valence-corrected chi connectivity index (χ3v) is 1.74. The Kier molecular flexibility index (Phi) is 6.86. The molecule has 0 nitrogen and oxygen atoms in total. The van der Waals surface area contributed by atoms with E-state index in [0.717, 1.165) is 0 Å². The average Bonchev–Trinajstić information content (AvgIpc) is 2.15. The molecule has 1 heteroatoms. The van der Waals surface area contributed by atoms with Gasteiger partial charge in [0.15, 0.2) is 0 Å². The molecule has 81 valence electrons. The third kappa shape index (κ3) is 9.33. The molecule has 0 aromatic rings. The molecule has 0 aliphatic carbocycles. The van der Waals surface area contributed by atoms with E-state index in [0.29, 0.717) is 0 Å². The lowest BCUT2D eigenvalue weighted by Gasteiger charge is -2.11. The van der Waals surface area contributed by atoms with Crippen molar-refractivity contribution in [3.8, 4) is 0 Å². The van der Waals surface area contributed by atoms with Gasteiger partial charge in [-0.1, -0.05) is 64.1 Å². The van der Waals surface area contributed by atoms with E-state index in [9.17, 15) is 0 Å². The molecule has 0 atom stereocenters. The molecule has 0 fully saturated rings. The highest BCUT2D eigenvalue weighted by atomic mass is 14.1. The van der Waals surface area contributed by atoms with E-state index in [1.54, 1.807) is 0 Å². The minimum Gasteiger partial charge on any atom is -0.122 e. The van der Waals surface area contributed by atoms with Crippen LogP contribution in [-0.4, -0.2) is 7.28 Å². The summed E-state index contributed by atoms with van der Waals surface area (Å²) in [6.07, 6.45) is 12.7. The second-order valence-corrected chi connectivity index (χ2v) is 4.58. The minimum absolute atomic E-state index is 0.235. The highest BCUT2D eigenvalue weighted by Gasteiger charge is 2.02. The van der Waals surface area contributed by atoms with Gasteiger partial charge in [0.25, 0.3) is 0 Å². The van der Waals surface area contributed by atoms with Crippen LogP contribution in [0.2, 0.25) is 6.82 Å². The summed E-state index contributed by atoms with van der Waals surface area (Å²) >= 11 is 0. The first kappa shape index (κ1) is 14.0. The summed E-state index contributed by atoms with van der Waals surface area (Å²) in [7, 11) is 2.04. The highest BCUT2D eigenvalue weighted by molar-refractivity contribution is 6.40. The molecule has 0 bridgehead atoms. The maximum absolute atomic E-state index is 2.22. The van der Waals surface area contributed by atoms with Crippen LogP contribution in [0.15, 0.2) is 48.0 Å². The Morgan fingerprint density at radius 1 is 1.13 bits per heavy atom. The van der Waals surface area contributed by atoms with Crippen LogP contribution in [0.4, 0.5) is 0 Å². The van der Waals surface area contributed by atoms with Gasteiger partial charge in [-0.15, -0.1) is 5.98 Å². The van der Waals surface area contributed by atoms with Crippen LogP contribution >= 0.6 is 0 Å². The van der Waals surface area contributed by atoms with Gasteiger partial charge in [-0.25, -0.2) is 0 Å². The van der Waals surface area contributed by atoms with Gasteiger partial charge in [0, 0.05) is 0 Å². The van der Waals surface area contributed by atoms with Gasteiger partial charge in [0.05, 0.1) is 0 Å². The smallest absolute Gasteiger partial charge is 0.122 e. The van der Waals surface area contributed by atoms with Crippen molar-refractivity contribution in [3.05, 3.63) is 48.0 Å². The Balaban J connectivity index is 4.66. The van der Waals surface area contributed by atoms with Crippen molar-refractivity contribution in [2.75, 3.05) is 0 Å². The standard InChI is InChI=1S/C14H22B/c1-6-7-8-13(10-12-15-5)9-11-14(2,3)4/h6-12H,1-5H3/b7-6-,11-9+,12-10+,13-8-. The van der Waals surface area contributed by atoms with Crippen LogP contribution in [0, 0.1) is 5.41 Å². The zero-order valence-corrected chi connectivity index (χ0v) is 10.6. The Bertz CT molecular complexity index is 272. The van der Waals surface area contributed by atoms with E-state index in [4.69, 9.17) is 0 Å². The number of hydrogen-bond acceptors (Lipinski definition) is 0. The highest BCUT2D eigenvalue weighted by Crippen LogP contribution is 2.16. The molecular weight excluding hydrogens is 179 g/mol. The molecule has 0 heterocycles. The second-order valence-electron chi connectivity index (χ2n) is 4.58. The van der Waals surface area contributed by atoms with Crippen molar-refractivity contribution in [1.82, 2.24) is 0 Å². The normalized spacial score (nSPS) is 14.6. The fourth-order valence-electron chi connectivity index (χ4n) is 0.928. The molecular formula is C14H22B. The summed E-state index contributed by atoms with van der Waals surface area (Å²) in [6, 6.07) is 0. The zero-order chi connectivity index (χ0) is 11.7. The van der Waals surface area contributed by atoms with Crippen molar-refractivity contribution >= 4 is 7.28 Å². The molecule has 0 unspecified atom stereocenters. The van der Waals surface area contributed by atoms with Gasteiger partial charge in [0.2, 0.25) is 0 Å². The van der Waals surface area contributed by atoms with Crippen LogP contribution < -0.4 is 0 Å². The Morgan fingerprint density at radius 2 is 1.80 bits per heavy atom. The first-order valence-electron chi connectivity index (χ1n) is 5.48. The molecule has 15 heavy (non-hydrogen) atoms. The van der Waals surface area contributed by atoms with Crippen molar-refractivity contribution in [3.63, 3.8) is 0 Å². The molecule has 0 aliphatic heterocycles. The molecule has 0 saturated carbocycles. The molecule has 0 aromatic carbocycles. The van der Waals surface area contributed by atoms with E-state index < -0.39 is 0 Å². The molecule has 0 aromatic heterocycles. The molecule has 0 aliphatic rings. The predicted octanol–water partition coefficient (Wildman–Crippen LogP) is 4.36. The fraction of sp³-hybridized carbons (Fsp3) is 0.429. The first-order valence-corrected chi connectivity index (χ1v) is 5.48. The molecule has 0 spiro atoms. The molecule has 0 N–H and O–H groups in total. The van der Waals surface area contributed by atoms with Gasteiger partial charge in [-0.3, -0.25) is 0 Å². The molecule has 0 saturated heterocycles. The first-order chi connectivity index (χ1) is 6.99. The quantitative estimate of drug-likeness (QED) is 0.468. The largest absolute Gasteiger partial charge is 0.137 e. The SMILES string of the molecule is C[B]/C=C/C(/C=C/C(C)(C)C)=C\C=C/C. The van der Waals surface area contributed by atoms with E-state index in [-0.39, 0.29) is 5.41 Å². The molecule has 0 rings (SSSR count). The maximum Gasteiger partial charge on any atom is 0.137 e. The van der Waals surface area contributed by atoms with Gasteiger partial charge < -0.3 is 0 Å². The van der Waals surface area contributed by atoms with Gasteiger partial charge in [-0.05, 0) is 17.9 Å². The summed E-state index contributed by atoms with van der Waals surface area (Å²) < 4.78 is 0. The summed E-state index contributed by atoms with van der Waals surface area (Å²) in [5.74, 6) is 2.06. The molecule has 0 amide bonds. The predicted molar refractivity (Wildman–Crippen MR) is 72.3 cm³/mol. The third-order valence-electron chi connectivity index (χ3n) is 1.74. The van der Waals surface area contributed by atoms with Gasteiger partial charge in [-0.2, -0.15) is 0 Å². The Labute approximate surface area is 95.7 Å². The lowest BCUT2D eigenvalue weighted by molar-refractivity contribution is 0.544.